The van der Waals surface area contributed by atoms with Crippen LogP contribution in [0.3, 0.4) is 0 Å². The first kappa shape index (κ1) is 16.5. The number of para-hydroxylation sites is 1. The molecule has 0 bridgehead atoms. The van der Waals surface area contributed by atoms with Crippen LogP contribution >= 0.6 is 11.8 Å². The summed E-state index contributed by atoms with van der Waals surface area (Å²) < 4.78 is 4.97. The van der Waals surface area contributed by atoms with Crippen LogP contribution in [0.25, 0.3) is 0 Å². The van der Waals surface area contributed by atoms with Crippen molar-refractivity contribution in [3.05, 3.63) is 34.4 Å². The first-order valence-corrected chi connectivity index (χ1v) is 7.34. The van der Waals surface area contributed by atoms with Crippen LogP contribution < -0.4 is 5.32 Å². The molecule has 0 aromatic heterocycles. The molecule has 1 atom stereocenters. The number of rotatable bonds is 8. The van der Waals surface area contributed by atoms with Gasteiger partial charge in [-0.05, 0) is 19.5 Å². The Labute approximate surface area is 122 Å². The minimum absolute atomic E-state index is 0.0524. The van der Waals surface area contributed by atoms with E-state index in [-0.39, 0.29) is 11.7 Å². The van der Waals surface area contributed by atoms with Crippen LogP contribution in [0.1, 0.15) is 13.8 Å². The fourth-order valence-electron chi connectivity index (χ4n) is 1.60. The predicted octanol–water partition coefficient (Wildman–Crippen LogP) is 2.23. The normalized spacial score (nSPS) is 11.9. The second-order valence-electron chi connectivity index (χ2n) is 3.90. The molecule has 0 saturated heterocycles. The van der Waals surface area contributed by atoms with E-state index in [0.717, 1.165) is 0 Å². The fourth-order valence-corrected chi connectivity index (χ4v) is 2.67. The second kappa shape index (κ2) is 8.55. The third-order valence-corrected chi connectivity index (χ3v) is 3.65. The van der Waals surface area contributed by atoms with Crippen LogP contribution in [-0.4, -0.2) is 35.8 Å². The number of nitro benzene ring substituents is 1. The summed E-state index contributed by atoms with van der Waals surface area (Å²) in [5, 5.41) is 13.9. The van der Waals surface area contributed by atoms with Gasteiger partial charge in [-0.25, -0.2) is 0 Å². The lowest BCUT2D eigenvalue weighted by atomic mass is 10.3. The number of carbonyl (C=O) groups is 1. The van der Waals surface area contributed by atoms with Crippen LogP contribution in [0.2, 0.25) is 0 Å². The Hall–Kier alpha value is -1.60. The SMILES string of the molecule is CCNC(CSc1ccccc1[N+](=O)[O-])C(=O)OCC. The highest BCUT2D eigenvalue weighted by molar-refractivity contribution is 7.99. The predicted molar refractivity (Wildman–Crippen MR) is 77.9 cm³/mol. The van der Waals surface area contributed by atoms with Crippen LogP contribution in [0.5, 0.6) is 0 Å². The van der Waals surface area contributed by atoms with Gasteiger partial charge in [-0.1, -0.05) is 19.1 Å². The van der Waals surface area contributed by atoms with Gasteiger partial charge in [0.05, 0.1) is 16.4 Å². The number of thioether (sulfide) groups is 1. The van der Waals surface area contributed by atoms with Crippen LogP contribution in [-0.2, 0) is 9.53 Å². The summed E-state index contributed by atoms with van der Waals surface area (Å²) >= 11 is 1.27. The van der Waals surface area contributed by atoms with E-state index in [1.165, 1.54) is 17.8 Å². The third kappa shape index (κ3) is 4.82. The molecule has 0 heterocycles. The summed E-state index contributed by atoms with van der Waals surface area (Å²) in [4.78, 5) is 22.8. The van der Waals surface area contributed by atoms with Crippen molar-refractivity contribution in [3.63, 3.8) is 0 Å². The number of nitrogens with zero attached hydrogens (tertiary/aromatic N) is 1. The Balaban J connectivity index is 2.72. The summed E-state index contributed by atoms with van der Waals surface area (Å²) in [6.07, 6.45) is 0. The number of esters is 1. The van der Waals surface area contributed by atoms with Crippen molar-refractivity contribution < 1.29 is 14.5 Å². The molecule has 1 rings (SSSR count). The zero-order valence-corrected chi connectivity index (χ0v) is 12.3. The molecule has 1 unspecified atom stereocenters. The second-order valence-corrected chi connectivity index (χ2v) is 4.96. The van der Waals surface area contributed by atoms with Crippen molar-refractivity contribution in [3.8, 4) is 0 Å². The third-order valence-electron chi connectivity index (χ3n) is 2.49. The van der Waals surface area contributed by atoms with Crippen molar-refractivity contribution >= 4 is 23.4 Å². The van der Waals surface area contributed by atoms with Gasteiger partial charge in [0.25, 0.3) is 5.69 Å². The minimum atomic E-state index is -0.468. The van der Waals surface area contributed by atoms with Gasteiger partial charge in [-0.2, -0.15) is 0 Å². The molecule has 0 fully saturated rings. The van der Waals surface area contributed by atoms with E-state index in [1.807, 2.05) is 6.92 Å². The highest BCUT2D eigenvalue weighted by Gasteiger charge is 2.21. The monoisotopic (exact) mass is 298 g/mol. The van der Waals surface area contributed by atoms with Crippen molar-refractivity contribution in [2.45, 2.75) is 24.8 Å². The maximum atomic E-state index is 11.7. The largest absolute Gasteiger partial charge is 0.465 e. The average Bonchev–Trinajstić information content (AvgIpc) is 2.43. The lowest BCUT2D eigenvalue weighted by Crippen LogP contribution is -2.40. The Kier molecular flexibility index (Phi) is 7.03. The number of nitrogens with one attached hydrogen (secondary N) is 1. The van der Waals surface area contributed by atoms with E-state index in [0.29, 0.717) is 23.8 Å². The first-order chi connectivity index (χ1) is 9.60. The van der Waals surface area contributed by atoms with Gasteiger partial charge in [-0.3, -0.25) is 14.9 Å². The van der Waals surface area contributed by atoms with Gasteiger partial charge in [0.15, 0.2) is 0 Å². The van der Waals surface area contributed by atoms with Crippen molar-refractivity contribution in [2.75, 3.05) is 18.9 Å². The van der Waals surface area contributed by atoms with Gasteiger partial charge in [0.1, 0.15) is 6.04 Å². The number of hydrogen-bond donors (Lipinski definition) is 1. The molecular formula is C13H18N2O4S. The van der Waals surface area contributed by atoms with E-state index in [4.69, 9.17) is 4.74 Å². The zero-order valence-electron chi connectivity index (χ0n) is 11.5. The average molecular weight is 298 g/mol. The Morgan fingerprint density at radius 1 is 1.45 bits per heavy atom. The Morgan fingerprint density at radius 3 is 2.75 bits per heavy atom. The molecule has 0 radical (unpaired) electrons. The lowest BCUT2D eigenvalue weighted by Gasteiger charge is -2.15. The number of ether oxygens (including phenoxy) is 1. The molecule has 110 valence electrons. The summed E-state index contributed by atoms with van der Waals surface area (Å²) in [5.41, 5.74) is 0.0524. The molecular weight excluding hydrogens is 280 g/mol. The van der Waals surface area contributed by atoms with E-state index >= 15 is 0 Å². The zero-order chi connectivity index (χ0) is 15.0. The van der Waals surface area contributed by atoms with Gasteiger partial charge >= 0.3 is 5.97 Å². The molecule has 20 heavy (non-hydrogen) atoms. The highest BCUT2D eigenvalue weighted by atomic mass is 32.2. The molecule has 0 amide bonds. The number of carbonyl (C=O) groups excluding carboxylic acids is 1. The smallest absolute Gasteiger partial charge is 0.323 e. The van der Waals surface area contributed by atoms with E-state index in [2.05, 4.69) is 5.32 Å². The van der Waals surface area contributed by atoms with E-state index < -0.39 is 11.0 Å². The molecule has 1 aromatic carbocycles. The molecule has 0 aliphatic rings. The number of likely N-dealkylation sites (N-methyl/N-ethyl adjacent to an activating group) is 1. The molecule has 1 N–H and O–H groups in total. The Bertz CT molecular complexity index is 467. The van der Waals surface area contributed by atoms with Gasteiger partial charge in [0, 0.05) is 11.8 Å². The van der Waals surface area contributed by atoms with Crippen molar-refractivity contribution in [1.82, 2.24) is 5.32 Å². The highest BCUT2D eigenvalue weighted by Crippen LogP contribution is 2.29. The fraction of sp³-hybridized carbons (Fsp3) is 0.462. The standard InChI is InChI=1S/C13H18N2O4S/c1-3-14-10(13(16)19-4-2)9-20-12-8-6-5-7-11(12)15(17)18/h5-8,10,14H,3-4,9H2,1-2H3. The summed E-state index contributed by atoms with van der Waals surface area (Å²) in [6.45, 7) is 4.58. The maximum Gasteiger partial charge on any atom is 0.323 e. The summed E-state index contributed by atoms with van der Waals surface area (Å²) in [6, 6.07) is 6.02. The number of nitro groups is 1. The van der Waals surface area contributed by atoms with Crippen LogP contribution in [0.15, 0.2) is 29.2 Å². The van der Waals surface area contributed by atoms with Gasteiger partial charge in [0.2, 0.25) is 0 Å². The van der Waals surface area contributed by atoms with Gasteiger partial charge in [-0.15, -0.1) is 11.8 Å². The summed E-state index contributed by atoms with van der Waals surface area (Å²) in [5.74, 6) is 0.0535. The quantitative estimate of drug-likeness (QED) is 0.343. The Morgan fingerprint density at radius 2 is 2.15 bits per heavy atom. The van der Waals surface area contributed by atoms with Crippen LogP contribution in [0, 0.1) is 10.1 Å². The minimum Gasteiger partial charge on any atom is -0.465 e. The first-order valence-electron chi connectivity index (χ1n) is 6.36. The van der Waals surface area contributed by atoms with Gasteiger partial charge < -0.3 is 10.1 Å². The topological polar surface area (TPSA) is 81.5 Å². The molecule has 7 heteroatoms. The molecule has 0 saturated carbocycles. The molecule has 1 aromatic rings. The molecule has 0 aliphatic heterocycles. The lowest BCUT2D eigenvalue weighted by molar-refractivity contribution is -0.387. The van der Waals surface area contributed by atoms with E-state index in [1.54, 1.807) is 25.1 Å². The number of benzene rings is 1. The maximum absolute atomic E-state index is 11.7. The molecule has 0 spiro atoms. The molecule has 0 aliphatic carbocycles. The van der Waals surface area contributed by atoms with E-state index in [9.17, 15) is 14.9 Å². The van der Waals surface area contributed by atoms with Crippen molar-refractivity contribution in [1.29, 1.82) is 0 Å². The number of hydrogen-bond acceptors (Lipinski definition) is 6. The summed E-state index contributed by atoms with van der Waals surface area (Å²) in [7, 11) is 0. The van der Waals surface area contributed by atoms with Crippen molar-refractivity contribution in [2.24, 2.45) is 0 Å². The van der Waals surface area contributed by atoms with Crippen LogP contribution in [0.4, 0.5) is 5.69 Å². The molecule has 6 nitrogen and oxygen atoms in total.